The summed E-state index contributed by atoms with van der Waals surface area (Å²) in [5.41, 5.74) is 1.14. The van der Waals surface area contributed by atoms with Crippen LogP contribution in [0.2, 0.25) is 0 Å². The standard InChI is InChI=1S/C14H22O2/c1-10-5-7-14(6-4-8-15)11(10)9-12(16)13(14,2)3/h9-10,15H,4-8H2,1-3H3/t10-,14+/m0/s1. The molecule has 2 aliphatic carbocycles. The average molecular weight is 222 g/mol. The van der Waals surface area contributed by atoms with Crippen molar-refractivity contribution >= 4 is 5.78 Å². The van der Waals surface area contributed by atoms with Crippen molar-refractivity contribution in [2.24, 2.45) is 16.7 Å². The molecule has 0 unspecified atom stereocenters. The van der Waals surface area contributed by atoms with E-state index in [1.165, 1.54) is 12.0 Å². The Kier molecular flexibility index (Phi) is 2.73. The van der Waals surface area contributed by atoms with E-state index in [1.807, 2.05) is 6.08 Å². The summed E-state index contributed by atoms with van der Waals surface area (Å²) in [5, 5.41) is 9.04. The van der Waals surface area contributed by atoms with Crippen LogP contribution in [0.25, 0.3) is 0 Å². The molecule has 0 aromatic carbocycles. The number of ketones is 1. The van der Waals surface area contributed by atoms with Crippen molar-refractivity contribution in [3.8, 4) is 0 Å². The molecular weight excluding hydrogens is 200 g/mol. The molecule has 1 fully saturated rings. The van der Waals surface area contributed by atoms with Gasteiger partial charge in [0.15, 0.2) is 5.78 Å². The van der Waals surface area contributed by atoms with E-state index in [2.05, 4.69) is 20.8 Å². The Morgan fingerprint density at radius 3 is 2.81 bits per heavy atom. The van der Waals surface area contributed by atoms with E-state index in [4.69, 9.17) is 5.11 Å². The average Bonchev–Trinajstić information content (AvgIpc) is 2.64. The first-order chi connectivity index (χ1) is 7.45. The maximum Gasteiger partial charge on any atom is 0.162 e. The summed E-state index contributed by atoms with van der Waals surface area (Å²) in [6.45, 7) is 6.61. The highest BCUT2D eigenvalue weighted by Gasteiger charge is 2.58. The van der Waals surface area contributed by atoms with E-state index in [-0.39, 0.29) is 23.2 Å². The third kappa shape index (κ3) is 1.32. The molecule has 2 aliphatic rings. The second-order valence-electron chi connectivity index (χ2n) is 5.94. The predicted octanol–water partition coefficient (Wildman–Crippen LogP) is 2.71. The SMILES string of the molecule is C[C@H]1CC[C@]2(CCCO)C1=CC(=O)C2(C)C. The van der Waals surface area contributed by atoms with Crippen LogP contribution in [0.5, 0.6) is 0 Å². The third-order valence-corrected chi connectivity index (χ3v) is 4.95. The molecule has 0 radical (unpaired) electrons. The van der Waals surface area contributed by atoms with Gasteiger partial charge in [-0.15, -0.1) is 0 Å². The Balaban J connectivity index is 2.38. The maximum absolute atomic E-state index is 12.1. The molecule has 2 nitrogen and oxygen atoms in total. The highest BCUT2D eigenvalue weighted by atomic mass is 16.2. The number of hydrogen-bond donors (Lipinski definition) is 1. The van der Waals surface area contributed by atoms with Crippen molar-refractivity contribution in [2.75, 3.05) is 6.61 Å². The molecule has 0 heterocycles. The Morgan fingerprint density at radius 2 is 2.19 bits per heavy atom. The predicted molar refractivity (Wildman–Crippen MR) is 64.0 cm³/mol. The lowest BCUT2D eigenvalue weighted by atomic mass is 9.62. The van der Waals surface area contributed by atoms with Gasteiger partial charge in [-0.1, -0.05) is 26.3 Å². The van der Waals surface area contributed by atoms with Gasteiger partial charge in [-0.2, -0.15) is 0 Å². The molecule has 90 valence electrons. The maximum atomic E-state index is 12.1. The monoisotopic (exact) mass is 222 g/mol. The van der Waals surface area contributed by atoms with Crippen molar-refractivity contribution in [1.29, 1.82) is 0 Å². The minimum absolute atomic E-state index is 0.0478. The lowest BCUT2D eigenvalue weighted by molar-refractivity contribution is -0.125. The third-order valence-electron chi connectivity index (χ3n) is 4.95. The summed E-state index contributed by atoms with van der Waals surface area (Å²) in [5.74, 6) is 0.830. The molecular formula is C14H22O2. The Bertz CT molecular complexity index is 341. The number of rotatable bonds is 3. The summed E-state index contributed by atoms with van der Waals surface area (Å²) in [6.07, 6.45) is 5.96. The van der Waals surface area contributed by atoms with E-state index in [9.17, 15) is 4.79 Å². The van der Waals surface area contributed by atoms with Gasteiger partial charge in [-0.3, -0.25) is 4.79 Å². The van der Waals surface area contributed by atoms with Crippen molar-refractivity contribution in [3.05, 3.63) is 11.6 Å². The summed E-state index contributed by atoms with van der Waals surface area (Å²) in [4.78, 5) is 12.1. The fourth-order valence-corrected chi connectivity index (χ4v) is 3.71. The molecule has 0 saturated heterocycles. The topological polar surface area (TPSA) is 37.3 Å². The van der Waals surface area contributed by atoms with Gasteiger partial charge in [0.05, 0.1) is 0 Å². The van der Waals surface area contributed by atoms with Crippen LogP contribution in [0.15, 0.2) is 11.6 Å². The quantitative estimate of drug-likeness (QED) is 0.797. The van der Waals surface area contributed by atoms with Crippen LogP contribution in [0, 0.1) is 16.7 Å². The molecule has 16 heavy (non-hydrogen) atoms. The minimum atomic E-state index is -0.262. The molecule has 0 spiro atoms. The number of aliphatic hydroxyl groups excluding tert-OH is 1. The van der Waals surface area contributed by atoms with Gasteiger partial charge in [0, 0.05) is 17.4 Å². The number of fused-ring (bicyclic) bond motifs is 1. The van der Waals surface area contributed by atoms with Crippen LogP contribution in [-0.2, 0) is 4.79 Å². The van der Waals surface area contributed by atoms with Crippen LogP contribution < -0.4 is 0 Å². The van der Waals surface area contributed by atoms with Crippen molar-refractivity contribution in [2.45, 2.75) is 46.5 Å². The highest BCUT2D eigenvalue weighted by molar-refractivity contribution is 5.99. The van der Waals surface area contributed by atoms with Crippen LogP contribution >= 0.6 is 0 Å². The van der Waals surface area contributed by atoms with E-state index in [0.717, 1.165) is 19.3 Å². The van der Waals surface area contributed by atoms with E-state index in [1.54, 1.807) is 0 Å². The molecule has 2 rings (SSSR count). The van der Waals surface area contributed by atoms with Crippen molar-refractivity contribution in [1.82, 2.24) is 0 Å². The summed E-state index contributed by atoms with van der Waals surface area (Å²) < 4.78 is 0. The van der Waals surface area contributed by atoms with Gasteiger partial charge in [0.25, 0.3) is 0 Å². The van der Waals surface area contributed by atoms with Gasteiger partial charge in [-0.25, -0.2) is 0 Å². The second-order valence-corrected chi connectivity index (χ2v) is 5.94. The smallest absolute Gasteiger partial charge is 0.162 e. The zero-order chi connectivity index (χ0) is 12.0. The molecule has 2 atom stereocenters. The van der Waals surface area contributed by atoms with Crippen LogP contribution in [0.1, 0.15) is 46.5 Å². The second kappa shape index (κ2) is 3.69. The van der Waals surface area contributed by atoms with Crippen LogP contribution in [0.4, 0.5) is 0 Å². The van der Waals surface area contributed by atoms with E-state index >= 15 is 0 Å². The number of hydrogen-bond acceptors (Lipinski definition) is 2. The van der Waals surface area contributed by atoms with E-state index < -0.39 is 0 Å². The zero-order valence-electron chi connectivity index (χ0n) is 10.5. The van der Waals surface area contributed by atoms with Gasteiger partial charge in [0.2, 0.25) is 0 Å². The summed E-state index contributed by atoms with van der Waals surface area (Å²) in [7, 11) is 0. The normalized spacial score (nSPS) is 36.4. The number of carbonyl (C=O) groups is 1. The molecule has 0 aromatic heterocycles. The Labute approximate surface area is 97.7 Å². The summed E-state index contributed by atoms with van der Waals surface area (Å²) >= 11 is 0. The fourth-order valence-electron chi connectivity index (χ4n) is 3.71. The number of carbonyl (C=O) groups excluding carboxylic acids is 1. The molecule has 0 aromatic rings. The van der Waals surface area contributed by atoms with E-state index in [0.29, 0.717) is 5.92 Å². The molecule has 0 aliphatic heterocycles. The Morgan fingerprint density at radius 1 is 1.50 bits per heavy atom. The van der Waals surface area contributed by atoms with Crippen molar-refractivity contribution < 1.29 is 9.90 Å². The minimum Gasteiger partial charge on any atom is -0.396 e. The van der Waals surface area contributed by atoms with Crippen LogP contribution in [0.3, 0.4) is 0 Å². The lowest BCUT2D eigenvalue weighted by Crippen LogP contribution is -2.38. The number of aliphatic hydroxyl groups is 1. The molecule has 1 saturated carbocycles. The molecule has 2 heteroatoms. The summed E-state index contributed by atoms with van der Waals surface area (Å²) in [6, 6.07) is 0. The largest absolute Gasteiger partial charge is 0.396 e. The van der Waals surface area contributed by atoms with Crippen LogP contribution in [-0.4, -0.2) is 17.5 Å². The first kappa shape index (κ1) is 11.8. The van der Waals surface area contributed by atoms with Gasteiger partial charge >= 0.3 is 0 Å². The van der Waals surface area contributed by atoms with Gasteiger partial charge in [0.1, 0.15) is 0 Å². The lowest BCUT2D eigenvalue weighted by Gasteiger charge is -2.40. The van der Waals surface area contributed by atoms with Crippen molar-refractivity contribution in [3.63, 3.8) is 0 Å². The van der Waals surface area contributed by atoms with Gasteiger partial charge in [-0.05, 0) is 37.7 Å². The fraction of sp³-hybridized carbons (Fsp3) is 0.786. The molecule has 1 N–H and O–H groups in total. The first-order valence-corrected chi connectivity index (χ1v) is 6.33. The zero-order valence-corrected chi connectivity index (χ0v) is 10.5. The first-order valence-electron chi connectivity index (χ1n) is 6.33. The number of allylic oxidation sites excluding steroid dienone is 2. The van der Waals surface area contributed by atoms with Gasteiger partial charge < -0.3 is 5.11 Å². The highest BCUT2D eigenvalue weighted by Crippen LogP contribution is 2.63. The Hall–Kier alpha value is -0.630. The molecule has 0 amide bonds. The molecule has 0 bridgehead atoms.